The molecule has 0 saturated carbocycles. The van der Waals surface area contributed by atoms with E-state index >= 15 is 0 Å². The first-order valence-corrected chi connectivity index (χ1v) is 6.69. The zero-order chi connectivity index (χ0) is 13.1. The minimum absolute atomic E-state index is 0.0406. The number of para-hydroxylation sites is 1. The Morgan fingerprint density at radius 2 is 2.06 bits per heavy atom. The van der Waals surface area contributed by atoms with Crippen LogP contribution in [0.3, 0.4) is 0 Å². The number of thioether (sulfide) groups is 1. The lowest BCUT2D eigenvalue weighted by atomic mass is 10.2. The maximum absolute atomic E-state index is 11.6. The van der Waals surface area contributed by atoms with Gasteiger partial charge >= 0.3 is 0 Å². The van der Waals surface area contributed by atoms with Crippen LogP contribution in [-0.2, 0) is 4.79 Å². The van der Waals surface area contributed by atoms with Gasteiger partial charge in [-0.25, -0.2) is 9.97 Å². The van der Waals surface area contributed by atoms with Crippen LogP contribution in [-0.4, -0.2) is 40.6 Å². The predicted octanol–water partition coefficient (Wildman–Crippen LogP) is 2.46. The number of hydrogen-bond acceptors (Lipinski definition) is 4. The maximum atomic E-state index is 11.6. The second-order valence-electron chi connectivity index (χ2n) is 3.89. The second-order valence-corrected chi connectivity index (χ2v) is 5.19. The summed E-state index contributed by atoms with van der Waals surface area (Å²) in [5, 5.41) is 1.85. The van der Waals surface area contributed by atoms with Crippen molar-refractivity contribution < 1.29 is 4.79 Å². The van der Waals surface area contributed by atoms with Crippen LogP contribution in [0, 0.1) is 0 Å². The molecule has 0 radical (unpaired) electrons. The molecule has 0 saturated heterocycles. The molecule has 4 nitrogen and oxygen atoms in total. The minimum atomic E-state index is 0.0406. The summed E-state index contributed by atoms with van der Waals surface area (Å²) in [7, 11) is 3.46. The van der Waals surface area contributed by atoms with E-state index in [0.29, 0.717) is 5.75 Å². The van der Waals surface area contributed by atoms with E-state index in [4.69, 9.17) is 11.6 Å². The molecule has 0 aliphatic heterocycles. The van der Waals surface area contributed by atoms with Crippen LogP contribution in [0.1, 0.15) is 0 Å². The Bertz CT molecular complexity index is 589. The average Bonchev–Trinajstić information content (AvgIpc) is 2.35. The quantitative estimate of drug-likeness (QED) is 0.493. The molecule has 0 bridgehead atoms. The van der Waals surface area contributed by atoms with E-state index in [1.54, 1.807) is 19.0 Å². The van der Waals surface area contributed by atoms with Gasteiger partial charge in [-0.2, -0.15) is 0 Å². The molecule has 1 aromatic heterocycles. The number of amides is 1. The van der Waals surface area contributed by atoms with E-state index in [2.05, 4.69) is 9.97 Å². The van der Waals surface area contributed by atoms with Crippen LogP contribution in [0.5, 0.6) is 0 Å². The third-order valence-electron chi connectivity index (χ3n) is 2.37. The van der Waals surface area contributed by atoms with Gasteiger partial charge in [-0.05, 0) is 17.7 Å². The van der Waals surface area contributed by atoms with E-state index in [1.165, 1.54) is 11.8 Å². The molecular formula is C12H12ClN3OS. The summed E-state index contributed by atoms with van der Waals surface area (Å²) in [6, 6.07) is 7.61. The summed E-state index contributed by atoms with van der Waals surface area (Å²) >= 11 is 7.24. The molecule has 0 fully saturated rings. The van der Waals surface area contributed by atoms with Gasteiger partial charge in [0.2, 0.25) is 11.2 Å². The van der Waals surface area contributed by atoms with Crippen molar-refractivity contribution in [2.45, 2.75) is 5.03 Å². The lowest BCUT2D eigenvalue weighted by molar-refractivity contribution is -0.125. The Kier molecular flexibility index (Phi) is 4.04. The lowest BCUT2D eigenvalue weighted by Crippen LogP contribution is -2.23. The molecule has 0 aliphatic carbocycles. The molecule has 6 heteroatoms. The Morgan fingerprint density at radius 3 is 2.78 bits per heavy atom. The summed E-state index contributed by atoms with van der Waals surface area (Å²) < 4.78 is 0. The highest BCUT2D eigenvalue weighted by Crippen LogP contribution is 2.26. The van der Waals surface area contributed by atoms with Crippen molar-refractivity contribution in [1.29, 1.82) is 0 Å². The third-order valence-corrected chi connectivity index (χ3v) is 3.52. The van der Waals surface area contributed by atoms with Crippen LogP contribution in [0.4, 0.5) is 0 Å². The summed E-state index contributed by atoms with van der Waals surface area (Å²) in [6.07, 6.45) is 0. The van der Waals surface area contributed by atoms with Crippen molar-refractivity contribution in [3.63, 3.8) is 0 Å². The zero-order valence-corrected chi connectivity index (χ0v) is 11.6. The molecule has 0 atom stereocenters. The Labute approximate surface area is 114 Å². The van der Waals surface area contributed by atoms with Crippen LogP contribution < -0.4 is 0 Å². The Balaban J connectivity index is 2.30. The molecular weight excluding hydrogens is 270 g/mol. The highest BCUT2D eigenvalue weighted by atomic mass is 35.5. The fourth-order valence-corrected chi connectivity index (χ4v) is 2.61. The van der Waals surface area contributed by atoms with Crippen LogP contribution in [0.25, 0.3) is 10.9 Å². The second kappa shape index (κ2) is 5.54. The number of halogens is 1. The number of rotatable bonds is 3. The van der Waals surface area contributed by atoms with E-state index in [9.17, 15) is 4.79 Å². The summed E-state index contributed by atoms with van der Waals surface area (Å²) in [6.45, 7) is 0. The van der Waals surface area contributed by atoms with E-state index in [0.717, 1.165) is 15.9 Å². The summed E-state index contributed by atoms with van der Waals surface area (Å²) in [5.74, 6) is 0.378. The van der Waals surface area contributed by atoms with Gasteiger partial charge in [0, 0.05) is 19.5 Å². The zero-order valence-electron chi connectivity index (χ0n) is 10.1. The maximum Gasteiger partial charge on any atom is 0.232 e. The molecule has 0 N–H and O–H groups in total. The molecule has 1 heterocycles. The number of benzene rings is 1. The van der Waals surface area contributed by atoms with Crippen LogP contribution in [0.15, 0.2) is 29.3 Å². The fraction of sp³-hybridized carbons (Fsp3) is 0.250. The molecule has 1 amide bonds. The van der Waals surface area contributed by atoms with Gasteiger partial charge < -0.3 is 4.90 Å². The van der Waals surface area contributed by atoms with Gasteiger partial charge in [-0.1, -0.05) is 30.0 Å². The first kappa shape index (κ1) is 13.1. The van der Waals surface area contributed by atoms with Gasteiger partial charge in [0.05, 0.1) is 11.3 Å². The van der Waals surface area contributed by atoms with Gasteiger partial charge in [0.1, 0.15) is 5.03 Å². The van der Waals surface area contributed by atoms with Crippen molar-refractivity contribution in [3.8, 4) is 0 Å². The SMILES string of the molecule is CN(C)C(=O)CSc1nc(Cl)nc2ccccc12. The summed E-state index contributed by atoms with van der Waals surface area (Å²) in [4.78, 5) is 21.4. The topological polar surface area (TPSA) is 46.1 Å². The number of carbonyl (C=O) groups is 1. The Morgan fingerprint density at radius 1 is 1.33 bits per heavy atom. The standard InChI is InChI=1S/C12H12ClN3OS/c1-16(2)10(17)7-18-11-8-5-3-4-6-9(8)14-12(13)15-11/h3-6H,7H2,1-2H3. The normalized spacial score (nSPS) is 10.6. The molecule has 94 valence electrons. The van der Waals surface area contributed by atoms with E-state index in [1.807, 2.05) is 24.3 Å². The highest BCUT2D eigenvalue weighted by Gasteiger charge is 2.10. The lowest BCUT2D eigenvalue weighted by Gasteiger charge is -2.10. The van der Waals surface area contributed by atoms with Gasteiger partial charge in [0.15, 0.2) is 0 Å². The molecule has 1 aromatic carbocycles. The molecule has 18 heavy (non-hydrogen) atoms. The molecule has 0 spiro atoms. The average molecular weight is 282 g/mol. The predicted molar refractivity (Wildman–Crippen MR) is 74.0 cm³/mol. The van der Waals surface area contributed by atoms with Crippen molar-refractivity contribution in [2.24, 2.45) is 0 Å². The van der Waals surface area contributed by atoms with E-state index in [-0.39, 0.29) is 11.2 Å². The number of aromatic nitrogens is 2. The number of hydrogen-bond donors (Lipinski definition) is 0. The first-order valence-electron chi connectivity index (χ1n) is 5.33. The first-order chi connectivity index (χ1) is 8.58. The fourth-order valence-electron chi connectivity index (χ4n) is 1.39. The molecule has 0 unspecified atom stereocenters. The molecule has 2 aromatic rings. The van der Waals surface area contributed by atoms with Crippen molar-refractivity contribution in [3.05, 3.63) is 29.5 Å². The van der Waals surface area contributed by atoms with Crippen LogP contribution in [0.2, 0.25) is 5.28 Å². The van der Waals surface area contributed by atoms with Gasteiger partial charge in [-0.3, -0.25) is 4.79 Å². The molecule has 2 rings (SSSR count). The van der Waals surface area contributed by atoms with Gasteiger partial charge in [-0.15, -0.1) is 0 Å². The number of nitrogens with zero attached hydrogens (tertiary/aromatic N) is 3. The minimum Gasteiger partial charge on any atom is -0.348 e. The van der Waals surface area contributed by atoms with Crippen molar-refractivity contribution in [1.82, 2.24) is 14.9 Å². The van der Waals surface area contributed by atoms with Gasteiger partial charge in [0.25, 0.3) is 0 Å². The smallest absolute Gasteiger partial charge is 0.232 e. The number of carbonyl (C=O) groups excluding carboxylic acids is 1. The Hall–Kier alpha value is -1.33. The van der Waals surface area contributed by atoms with Crippen molar-refractivity contribution in [2.75, 3.05) is 19.8 Å². The van der Waals surface area contributed by atoms with Crippen molar-refractivity contribution >= 4 is 40.2 Å². The van der Waals surface area contributed by atoms with E-state index < -0.39 is 0 Å². The van der Waals surface area contributed by atoms with Crippen LogP contribution >= 0.6 is 23.4 Å². The molecule has 0 aliphatic rings. The summed E-state index contributed by atoms with van der Waals surface area (Å²) in [5.41, 5.74) is 0.789. The monoisotopic (exact) mass is 281 g/mol. The third kappa shape index (κ3) is 2.91. The largest absolute Gasteiger partial charge is 0.348 e. The highest BCUT2D eigenvalue weighted by molar-refractivity contribution is 8.00. The number of fused-ring (bicyclic) bond motifs is 1.